The summed E-state index contributed by atoms with van der Waals surface area (Å²) in [6, 6.07) is 6.81. The molecule has 0 aromatic heterocycles. The molecule has 0 aliphatic rings. The van der Waals surface area contributed by atoms with Crippen LogP contribution in [0, 0.1) is 0 Å². The van der Waals surface area contributed by atoms with Crippen LogP contribution in [-0.2, 0) is 4.89 Å². The van der Waals surface area contributed by atoms with Crippen molar-refractivity contribution in [3.05, 3.63) is 24.3 Å². The van der Waals surface area contributed by atoms with Gasteiger partial charge in [-0.05, 0) is 18.6 Å². The van der Waals surface area contributed by atoms with Gasteiger partial charge >= 0.3 is 0 Å². The lowest BCUT2D eigenvalue weighted by atomic mass is 10.1. The minimum absolute atomic E-state index is 0.110. The molecule has 3 nitrogen and oxygen atoms in total. The van der Waals surface area contributed by atoms with Crippen LogP contribution in [0.25, 0.3) is 0 Å². The number of hydrogen-bond acceptors (Lipinski definition) is 3. The van der Waals surface area contributed by atoms with Crippen LogP contribution in [0.1, 0.15) is 58.3 Å². The lowest BCUT2D eigenvalue weighted by molar-refractivity contribution is -0.208. The van der Waals surface area contributed by atoms with E-state index in [2.05, 4.69) is 6.92 Å². The van der Waals surface area contributed by atoms with Gasteiger partial charge in [0, 0.05) is 0 Å². The first kappa shape index (κ1) is 15.8. The van der Waals surface area contributed by atoms with Gasteiger partial charge in [0.2, 0.25) is 5.75 Å². The Morgan fingerprint density at radius 2 is 1.53 bits per heavy atom. The Morgan fingerprint density at radius 3 is 2.21 bits per heavy atom. The van der Waals surface area contributed by atoms with E-state index in [0.717, 1.165) is 6.42 Å². The molecule has 0 saturated carbocycles. The SMILES string of the molecule is CCCCCCCCCCOOc1ccccc1O. The quantitative estimate of drug-likeness (QED) is 0.354. The van der Waals surface area contributed by atoms with Crippen molar-refractivity contribution in [1.82, 2.24) is 0 Å². The Labute approximate surface area is 116 Å². The van der Waals surface area contributed by atoms with Gasteiger partial charge < -0.3 is 9.99 Å². The fraction of sp³-hybridized carbons (Fsp3) is 0.625. The highest BCUT2D eigenvalue weighted by Gasteiger charge is 2.00. The second-order valence-electron chi connectivity index (χ2n) is 4.85. The summed E-state index contributed by atoms with van der Waals surface area (Å²) >= 11 is 0. The number of unbranched alkanes of at least 4 members (excludes halogenated alkanes) is 7. The third-order valence-corrected chi connectivity index (χ3v) is 3.10. The average molecular weight is 266 g/mol. The van der Waals surface area contributed by atoms with Crippen molar-refractivity contribution in [3.8, 4) is 11.5 Å². The molecule has 0 fully saturated rings. The standard InChI is InChI=1S/C16H26O3/c1-2-3-4-5-6-7-8-11-14-18-19-16-13-10-9-12-15(16)17/h9-10,12-13,17H,2-8,11,14H2,1H3. The van der Waals surface area contributed by atoms with E-state index >= 15 is 0 Å². The third-order valence-electron chi connectivity index (χ3n) is 3.10. The number of benzene rings is 1. The summed E-state index contributed by atoms with van der Waals surface area (Å²) in [7, 11) is 0. The first-order chi connectivity index (χ1) is 9.34. The Balaban J connectivity index is 1.90. The van der Waals surface area contributed by atoms with Crippen molar-refractivity contribution in [2.75, 3.05) is 6.61 Å². The molecular formula is C16H26O3. The van der Waals surface area contributed by atoms with Crippen molar-refractivity contribution in [3.63, 3.8) is 0 Å². The van der Waals surface area contributed by atoms with E-state index in [1.165, 1.54) is 44.9 Å². The highest BCUT2D eigenvalue weighted by Crippen LogP contribution is 2.24. The maximum absolute atomic E-state index is 9.45. The molecule has 0 aliphatic carbocycles. The van der Waals surface area contributed by atoms with Gasteiger partial charge in [0.25, 0.3) is 0 Å². The zero-order valence-corrected chi connectivity index (χ0v) is 11.9. The van der Waals surface area contributed by atoms with Gasteiger partial charge in [-0.25, -0.2) is 0 Å². The van der Waals surface area contributed by atoms with Crippen molar-refractivity contribution in [2.24, 2.45) is 0 Å². The molecule has 0 spiro atoms. The molecule has 0 saturated heterocycles. The van der Waals surface area contributed by atoms with Crippen LogP contribution < -0.4 is 4.89 Å². The summed E-state index contributed by atoms with van der Waals surface area (Å²) in [4.78, 5) is 10.1. The van der Waals surface area contributed by atoms with Crippen LogP contribution in [0.2, 0.25) is 0 Å². The van der Waals surface area contributed by atoms with Gasteiger partial charge in [-0.1, -0.05) is 64.0 Å². The lowest BCUT2D eigenvalue weighted by Gasteiger charge is -2.06. The normalized spacial score (nSPS) is 10.6. The summed E-state index contributed by atoms with van der Waals surface area (Å²) in [6.07, 6.45) is 10.1. The highest BCUT2D eigenvalue weighted by atomic mass is 17.2. The van der Waals surface area contributed by atoms with Crippen LogP contribution in [0.4, 0.5) is 0 Å². The molecule has 1 aromatic rings. The third kappa shape index (κ3) is 7.73. The monoisotopic (exact) mass is 266 g/mol. The topological polar surface area (TPSA) is 38.7 Å². The molecule has 0 radical (unpaired) electrons. The maximum atomic E-state index is 9.45. The summed E-state index contributed by atoms with van der Waals surface area (Å²) in [5, 5.41) is 9.45. The summed E-state index contributed by atoms with van der Waals surface area (Å²) in [5.41, 5.74) is 0. The first-order valence-corrected chi connectivity index (χ1v) is 7.42. The van der Waals surface area contributed by atoms with Gasteiger partial charge in [-0.2, -0.15) is 4.89 Å². The molecule has 0 unspecified atom stereocenters. The number of hydrogen-bond donors (Lipinski definition) is 1. The van der Waals surface area contributed by atoms with Crippen LogP contribution in [0.5, 0.6) is 11.5 Å². The minimum atomic E-state index is 0.110. The molecule has 0 amide bonds. The van der Waals surface area contributed by atoms with E-state index in [0.29, 0.717) is 12.4 Å². The predicted octanol–water partition coefficient (Wildman–Crippen LogP) is 4.84. The van der Waals surface area contributed by atoms with Crippen LogP contribution in [-0.4, -0.2) is 11.7 Å². The van der Waals surface area contributed by atoms with Crippen molar-refractivity contribution in [1.29, 1.82) is 0 Å². The maximum Gasteiger partial charge on any atom is 0.206 e. The van der Waals surface area contributed by atoms with E-state index < -0.39 is 0 Å². The number of aromatic hydroxyl groups is 1. The first-order valence-electron chi connectivity index (χ1n) is 7.42. The van der Waals surface area contributed by atoms with Crippen molar-refractivity contribution in [2.45, 2.75) is 58.3 Å². The second kappa shape index (κ2) is 10.7. The van der Waals surface area contributed by atoms with Crippen LogP contribution >= 0.6 is 0 Å². The van der Waals surface area contributed by atoms with E-state index in [9.17, 15) is 5.11 Å². The molecule has 1 aromatic carbocycles. The molecule has 19 heavy (non-hydrogen) atoms. The fourth-order valence-corrected chi connectivity index (χ4v) is 1.93. The molecule has 0 bridgehead atoms. The van der Waals surface area contributed by atoms with E-state index in [-0.39, 0.29) is 5.75 Å². The van der Waals surface area contributed by atoms with E-state index in [4.69, 9.17) is 9.78 Å². The second-order valence-corrected chi connectivity index (χ2v) is 4.85. The van der Waals surface area contributed by atoms with E-state index in [1.54, 1.807) is 24.3 Å². The Morgan fingerprint density at radius 1 is 0.895 bits per heavy atom. The fourth-order valence-electron chi connectivity index (χ4n) is 1.93. The molecule has 108 valence electrons. The Kier molecular flexibility index (Phi) is 8.90. The number of para-hydroxylation sites is 2. The van der Waals surface area contributed by atoms with Gasteiger partial charge in [-0.15, -0.1) is 0 Å². The number of phenolic OH excluding ortho intramolecular Hbond substituents is 1. The predicted molar refractivity (Wildman–Crippen MR) is 77.3 cm³/mol. The van der Waals surface area contributed by atoms with Gasteiger partial charge in [0.1, 0.15) is 0 Å². The summed E-state index contributed by atoms with van der Waals surface area (Å²) in [6.45, 7) is 2.81. The smallest absolute Gasteiger partial charge is 0.206 e. The number of phenols is 1. The zero-order valence-electron chi connectivity index (χ0n) is 11.9. The largest absolute Gasteiger partial charge is 0.504 e. The summed E-state index contributed by atoms with van der Waals surface area (Å²) in [5.74, 6) is 0.487. The molecule has 0 heterocycles. The van der Waals surface area contributed by atoms with Gasteiger partial charge in [-0.3, -0.25) is 0 Å². The van der Waals surface area contributed by atoms with Gasteiger partial charge in [0.15, 0.2) is 5.75 Å². The molecule has 1 rings (SSSR count). The molecule has 3 heteroatoms. The Bertz CT molecular complexity index is 326. The van der Waals surface area contributed by atoms with Crippen molar-refractivity contribution >= 4 is 0 Å². The molecule has 0 atom stereocenters. The van der Waals surface area contributed by atoms with Gasteiger partial charge in [0.05, 0.1) is 6.61 Å². The zero-order chi connectivity index (χ0) is 13.8. The summed E-state index contributed by atoms with van der Waals surface area (Å²) < 4.78 is 0. The molecular weight excluding hydrogens is 240 g/mol. The lowest BCUT2D eigenvalue weighted by Crippen LogP contribution is -1.99. The Hall–Kier alpha value is -1.22. The average Bonchev–Trinajstić information content (AvgIpc) is 2.43. The van der Waals surface area contributed by atoms with Crippen LogP contribution in [0.15, 0.2) is 24.3 Å². The minimum Gasteiger partial charge on any atom is -0.504 e. The van der Waals surface area contributed by atoms with E-state index in [1.807, 2.05) is 0 Å². The van der Waals surface area contributed by atoms with Crippen LogP contribution in [0.3, 0.4) is 0 Å². The van der Waals surface area contributed by atoms with Crippen molar-refractivity contribution < 1.29 is 14.9 Å². The molecule has 0 aliphatic heterocycles. The molecule has 1 N–H and O–H groups in total. The highest BCUT2D eigenvalue weighted by molar-refractivity contribution is 5.37. The number of rotatable bonds is 11.